The van der Waals surface area contributed by atoms with Gasteiger partial charge >= 0.3 is 0 Å². The van der Waals surface area contributed by atoms with E-state index in [1.54, 1.807) is 11.1 Å². The molecule has 1 atom stereocenters. The summed E-state index contributed by atoms with van der Waals surface area (Å²) in [6.07, 6.45) is 13.4. The first-order valence-electron chi connectivity index (χ1n) is 15.6. The maximum Gasteiger partial charge on any atom is 0.247 e. The van der Waals surface area contributed by atoms with E-state index < -0.39 is 6.04 Å². The van der Waals surface area contributed by atoms with E-state index in [9.17, 15) is 14.4 Å². The third kappa shape index (κ3) is 5.12. The number of amides is 3. The molecule has 44 heavy (non-hydrogen) atoms. The zero-order chi connectivity index (χ0) is 31.2. The van der Waals surface area contributed by atoms with Gasteiger partial charge in [0.2, 0.25) is 18.2 Å². The fraction of sp³-hybridized carbons (Fsp3) is 0.457. The molecule has 1 saturated heterocycles. The molecule has 3 heterocycles. The highest BCUT2D eigenvalue weighted by atomic mass is 16.2. The Bertz CT molecular complexity index is 1650. The molecule has 6 rings (SSSR count). The van der Waals surface area contributed by atoms with E-state index >= 15 is 0 Å². The summed E-state index contributed by atoms with van der Waals surface area (Å²) in [5, 5.41) is 8.73. The Labute approximate surface area is 259 Å². The van der Waals surface area contributed by atoms with E-state index in [0.29, 0.717) is 25.1 Å². The fourth-order valence-electron chi connectivity index (χ4n) is 7.76. The van der Waals surface area contributed by atoms with Crippen molar-refractivity contribution in [3.8, 4) is 22.3 Å². The normalized spacial score (nSPS) is 19.3. The predicted molar refractivity (Wildman–Crippen MR) is 173 cm³/mol. The summed E-state index contributed by atoms with van der Waals surface area (Å²) < 4.78 is 0. The molecule has 2 aliphatic carbocycles. The molecular formula is C35H42N6O3. The molecule has 2 aromatic heterocycles. The van der Waals surface area contributed by atoms with Crippen LogP contribution < -0.4 is 16.0 Å². The van der Waals surface area contributed by atoms with Gasteiger partial charge in [0.15, 0.2) is 0 Å². The largest absolute Gasteiger partial charge is 0.387 e. The van der Waals surface area contributed by atoms with E-state index in [0.717, 1.165) is 48.9 Å². The Hall–Kier alpha value is -4.27. The molecule has 0 bridgehead atoms. The quantitative estimate of drug-likeness (QED) is 0.317. The van der Waals surface area contributed by atoms with Crippen LogP contribution in [0.3, 0.4) is 0 Å². The van der Waals surface area contributed by atoms with Crippen LogP contribution in [0.15, 0.2) is 36.9 Å². The van der Waals surface area contributed by atoms with Crippen LogP contribution in [0.4, 0.5) is 11.4 Å². The van der Waals surface area contributed by atoms with E-state index in [1.807, 2.05) is 31.7 Å². The Morgan fingerprint density at radius 3 is 2.05 bits per heavy atom. The molecular weight excluding hydrogens is 552 g/mol. The predicted octanol–water partition coefficient (Wildman–Crippen LogP) is 4.98. The molecule has 1 fully saturated rings. The molecule has 9 nitrogen and oxygen atoms in total. The summed E-state index contributed by atoms with van der Waals surface area (Å²) in [5.74, 6) is -0.488. The number of carbonyl (C=O) groups is 3. The molecule has 0 saturated carbocycles. The number of rotatable bonds is 8. The lowest BCUT2D eigenvalue weighted by atomic mass is 9.74. The van der Waals surface area contributed by atoms with Crippen LogP contribution in [0.1, 0.15) is 75.6 Å². The zero-order valence-corrected chi connectivity index (χ0v) is 26.3. The molecule has 230 valence electrons. The Kier molecular flexibility index (Phi) is 7.68. The third-order valence-electron chi connectivity index (χ3n) is 9.88. The van der Waals surface area contributed by atoms with Gasteiger partial charge in [0.1, 0.15) is 6.04 Å². The summed E-state index contributed by atoms with van der Waals surface area (Å²) >= 11 is 0. The number of benzene rings is 1. The number of hydrogen-bond donors (Lipinski definition) is 3. The first-order valence-corrected chi connectivity index (χ1v) is 15.6. The van der Waals surface area contributed by atoms with Gasteiger partial charge in [-0.2, -0.15) is 0 Å². The number of carbonyl (C=O) groups excluding carboxylic acids is 3. The molecule has 0 spiro atoms. The van der Waals surface area contributed by atoms with Gasteiger partial charge < -0.3 is 20.9 Å². The van der Waals surface area contributed by atoms with Gasteiger partial charge in [-0.25, -0.2) is 0 Å². The summed E-state index contributed by atoms with van der Waals surface area (Å²) in [6, 6.07) is 3.68. The van der Waals surface area contributed by atoms with Crippen molar-refractivity contribution in [2.24, 2.45) is 0 Å². The number of pyridine rings is 2. The number of fused-ring (bicyclic) bond motifs is 2. The number of likely N-dealkylation sites (tertiary alicyclic amines) is 1. The average Bonchev–Trinajstić information content (AvgIpc) is 3.71. The van der Waals surface area contributed by atoms with Crippen LogP contribution in [0.25, 0.3) is 22.3 Å². The van der Waals surface area contributed by atoms with Gasteiger partial charge in [0.25, 0.3) is 0 Å². The third-order valence-corrected chi connectivity index (χ3v) is 9.88. The van der Waals surface area contributed by atoms with Crippen molar-refractivity contribution in [3.63, 3.8) is 0 Å². The molecule has 1 aliphatic heterocycles. The molecule has 9 heteroatoms. The minimum Gasteiger partial charge on any atom is -0.387 e. The summed E-state index contributed by atoms with van der Waals surface area (Å²) in [4.78, 5) is 47.5. The highest BCUT2D eigenvalue weighted by Gasteiger charge is 2.43. The Morgan fingerprint density at radius 2 is 1.48 bits per heavy atom. The first-order chi connectivity index (χ1) is 21.1. The number of aromatic nitrogens is 2. The highest BCUT2D eigenvalue weighted by Crippen LogP contribution is 2.56. The fourth-order valence-corrected chi connectivity index (χ4v) is 7.76. The smallest absolute Gasteiger partial charge is 0.247 e. The van der Waals surface area contributed by atoms with Gasteiger partial charge in [-0.3, -0.25) is 24.4 Å². The highest BCUT2D eigenvalue weighted by molar-refractivity contribution is 5.98. The Morgan fingerprint density at radius 1 is 0.909 bits per heavy atom. The van der Waals surface area contributed by atoms with Crippen molar-refractivity contribution in [2.45, 2.75) is 83.1 Å². The lowest BCUT2D eigenvalue weighted by molar-refractivity contribution is -0.136. The molecule has 3 N–H and O–H groups in total. The van der Waals surface area contributed by atoms with Crippen molar-refractivity contribution in [1.29, 1.82) is 0 Å². The minimum atomic E-state index is -0.575. The van der Waals surface area contributed by atoms with E-state index in [4.69, 9.17) is 0 Å². The van der Waals surface area contributed by atoms with Gasteiger partial charge in [-0.15, -0.1) is 0 Å². The second kappa shape index (κ2) is 11.3. The second-order valence-electron chi connectivity index (χ2n) is 13.6. The van der Waals surface area contributed by atoms with Crippen molar-refractivity contribution in [1.82, 2.24) is 20.2 Å². The van der Waals surface area contributed by atoms with Crippen LogP contribution >= 0.6 is 0 Å². The molecule has 3 amide bonds. The number of anilines is 2. The summed E-state index contributed by atoms with van der Waals surface area (Å²) in [6.45, 7) is 9.76. The van der Waals surface area contributed by atoms with Crippen molar-refractivity contribution in [2.75, 3.05) is 30.8 Å². The summed E-state index contributed by atoms with van der Waals surface area (Å²) in [5.41, 5.74) is 11.9. The van der Waals surface area contributed by atoms with E-state index in [2.05, 4.69) is 59.7 Å². The SMILES string of the molecule is CNc1cncc(-c2c3c(c(-c4cncc(NC(=O)C5CCCN5C(=O)CNC=O)c4)c4c2C(C)(C)CC4)C(C)(C)CC3)c1. The van der Waals surface area contributed by atoms with Crippen molar-refractivity contribution >= 4 is 29.6 Å². The molecule has 3 aromatic rings. The van der Waals surface area contributed by atoms with Crippen molar-refractivity contribution < 1.29 is 14.4 Å². The van der Waals surface area contributed by atoms with Crippen LogP contribution in [0.2, 0.25) is 0 Å². The van der Waals surface area contributed by atoms with Gasteiger partial charge in [0.05, 0.1) is 24.1 Å². The Balaban J connectivity index is 1.44. The maximum atomic E-state index is 13.4. The standard InChI is InChI=1S/C35H42N6O3/c1-34(2)11-9-26-30(32-25(8-10-35(32,3)4)29(31(26)34)21-13-23(36-5)17-37-15-21)22-14-24(18-38-16-22)40-33(44)27-7-6-12-41(27)28(43)19-39-20-42/h13-18,20,27,36H,6-12,19H2,1-5H3,(H,39,42)(H,40,44). The maximum absolute atomic E-state index is 13.4. The number of nitrogens with one attached hydrogen (secondary N) is 3. The molecule has 0 radical (unpaired) electrons. The number of hydrogen-bond acceptors (Lipinski definition) is 6. The number of nitrogens with zero attached hydrogens (tertiary/aromatic N) is 3. The first kappa shape index (κ1) is 29.8. The van der Waals surface area contributed by atoms with Crippen LogP contribution in [0.5, 0.6) is 0 Å². The minimum absolute atomic E-state index is 0.00669. The van der Waals surface area contributed by atoms with Crippen molar-refractivity contribution in [3.05, 3.63) is 59.2 Å². The average molecular weight is 595 g/mol. The van der Waals surface area contributed by atoms with Gasteiger partial charge in [-0.1, -0.05) is 27.7 Å². The topological polar surface area (TPSA) is 116 Å². The molecule has 1 unspecified atom stereocenters. The van der Waals surface area contributed by atoms with E-state index in [-0.39, 0.29) is 29.2 Å². The van der Waals surface area contributed by atoms with Gasteiger partial charge in [0, 0.05) is 43.3 Å². The summed E-state index contributed by atoms with van der Waals surface area (Å²) in [7, 11) is 1.93. The monoisotopic (exact) mass is 594 g/mol. The lowest BCUT2D eigenvalue weighted by Gasteiger charge is -2.30. The second-order valence-corrected chi connectivity index (χ2v) is 13.6. The molecule has 1 aromatic carbocycles. The van der Waals surface area contributed by atoms with Crippen LogP contribution in [-0.2, 0) is 38.1 Å². The van der Waals surface area contributed by atoms with Gasteiger partial charge in [-0.05, 0) is 94.9 Å². The van der Waals surface area contributed by atoms with Crippen LogP contribution in [0, 0.1) is 0 Å². The molecule has 3 aliphatic rings. The zero-order valence-electron chi connectivity index (χ0n) is 26.3. The lowest BCUT2D eigenvalue weighted by Crippen LogP contribution is -2.46. The van der Waals surface area contributed by atoms with E-state index in [1.165, 1.54) is 33.4 Å². The van der Waals surface area contributed by atoms with Crippen LogP contribution in [-0.4, -0.2) is 59.3 Å².